The Kier molecular flexibility index (Phi) is 5.46. The molecule has 5 heteroatoms. The van der Waals surface area contributed by atoms with Crippen LogP contribution >= 0.6 is 0 Å². The number of methoxy groups -OCH3 is 1. The van der Waals surface area contributed by atoms with E-state index in [-0.39, 0.29) is 17.5 Å². The van der Waals surface area contributed by atoms with Crippen LogP contribution in [0.1, 0.15) is 25.0 Å². The van der Waals surface area contributed by atoms with Gasteiger partial charge in [-0.05, 0) is 23.6 Å². The number of hydrogen-bond donors (Lipinski definition) is 1. The lowest BCUT2D eigenvalue weighted by Crippen LogP contribution is -2.41. The number of ether oxygens (including phenoxy) is 1. The molecule has 0 radical (unpaired) electrons. The highest BCUT2D eigenvalue weighted by molar-refractivity contribution is 5.75. The van der Waals surface area contributed by atoms with E-state index < -0.39 is 11.9 Å². The molecule has 1 aromatic carbocycles. The molecule has 1 aromatic rings. The van der Waals surface area contributed by atoms with Gasteiger partial charge in [0.2, 0.25) is 0 Å². The molecule has 0 heterocycles. The molecule has 0 amide bonds. The second-order valence-electron chi connectivity index (χ2n) is 4.54. The van der Waals surface area contributed by atoms with E-state index in [9.17, 15) is 9.18 Å². The van der Waals surface area contributed by atoms with E-state index in [1.54, 1.807) is 0 Å². The summed E-state index contributed by atoms with van der Waals surface area (Å²) >= 11 is 0. The van der Waals surface area contributed by atoms with Crippen molar-refractivity contribution in [2.75, 3.05) is 7.11 Å². The molecule has 102 valence electrons. The average Bonchev–Trinajstić information content (AvgIpc) is 2.39. The van der Waals surface area contributed by atoms with E-state index in [1.165, 1.54) is 25.3 Å². The van der Waals surface area contributed by atoms with Gasteiger partial charge in [-0.1, -0.05) is 19.9 Å². The highest BCUT2D eigenvalue weighted by atomic mass is 19.1. The van der Waals surface area contributed by atoms with Crippen LogP contribution in [-0.4, -0.2) is 19.1 Å². The summed E-state index contributed by atoms with van der Waals surface area (Å²) in [6.07, 6.45) is 0. The van der Waals surface area contributed by atoms with Crippen molar-refractivity contribution >= 4 is 5.97 Å². The van der Waals surface area contributed by atoms with Gasteiger partial charge >= 0.3 is 5.97 Å². The van der Waals surface area contributed by atoms with Gasteiger partial charge in [-0.3, -0.25) is 4.79 Å². The van der Waals surface area contributed by atoms with E-state index in [1.807, 2.05) is 19.9 Å². The minimum atomic E-state index is -0.457. The monoisotopic (exact) mass is 264 g/mol. The molecule has 19 heavy (non-hydrogen) atoms. The van der Waals surface area contributed by atoms with Crippen LogP contribution in [0.3, 0.4) is 0 Å². The standard InChI is InChI=1S/C14H17FN2O2/c1-9(2)13(14(18)19-3)17-8-10-4-5-12(15)6-11(10)7-16/h4-6,9,13,17H,8H2,1-3H3. The highest BCUT2D eigenvalue weighted by Gasteiger charge is 2.22. The van der Waals surface area contributed by atoms with Crippen LogP contribution in [0.15, 0.2) is 18.2 Å². The molecule has 1 unspecified atom stereocenters. The predicted molar refractivity (Wildman–Crippen MR) is 68.6 cm³/mol. The first-order valence-electron chi connectivity index (χ1n) is 5.99. The molecule has 1 atom stereocenters. The van der Waals surface area contributed by atoms with E-state index in [2.05, 4.69) is 5.32 Å². The second-order valence-corrected chi connectivity index (χ2v) is 4.54. The van der Waals surface area contributed by atoms with Gasteiger partial charge in [0.15, 0.2) is 0 Å². The zero-order chi connectivity index (χ0) is 14.4. The van der Waals surface area contributed by atoms with Crippen LogP contribution in [0.25, 0.3) is 0 Å². The Morgan fingerprint density at radius 1 is 1.53 bits per heavy atom. The maximum atomic E-state index is 13.0. The van der Waals surface area contributed by atoms with Crippen molar-refractivity contribution in [1.29, 1.82) is 5.26 Å². The lowest BCUT2D eigenvalue weighted by atomic mass is 10.0. The Labute approximate surface area is 112 Å². The molecule has 1 N–H and O–H groups in total. The zero-order valence-electron chi connectivity index (χ0n) is 11.2. The molecule has 0 fully saturated rings. The number of hydrogen-bond acceptors (Lipinski definition) is 4. The normalized spacial score (nSPS) is 12.0. The fourth-order valence-corrected chi connectivity index (χ4v) is 1.74. The summed E-state index contributed by atoms with van der Waals surface area (Å²) in [6.45, 7) is 4.09. The van der Waals surface area contributed by atoms with Crippen LogP contribution in [-0.2, 0) is 16.1 Å². The van der Waals surface area contributed by atoms with E-state index in [0.29, 0.717) is 12.1 Å². The summed E-state index contributed by atoms with van der Waals surface area (Å²) in [5.74, 6) is -0.747. The SMILES string of the molecule is COC(=O)C(NCc1ccc(F)cc1C#N)C(C)C. The summed E-state index contributed by atoms with van der Waals surface area (Å²) < 4.78 is 17.7. The fraction of sp³-hybridized carbons (Fsp3) is 0.429. The smallest absolute Gasteiger partial charge is 0.323 e. The largest absolute Gasteiger partial charge is 0.468 e. The number of nitrogens with zero attached hydrogens (tertiary/aromatic N) is 1. The third-order valence-electron chi connectivity index (χ3n) is 2.83. The van der Waals surface area contributed by atoms with Crippen LogP contribution in [0, 0.1) is 23.1 Å². The maximum Gasteiger partial charge on any atom is 0.323 e. The van der Waals surface area contributed by atoms with E-state index in [4.69, 9.17) is 10.00 Å². The highest BCUT2D eigenvalue weighted by Crippen LogP contribution is 2.12. The molecule has 0 aromatic heterocycles. The first kappa shape index (κ1) is 15.1. The summed E-state index contributed by atoms with van der Waals surface area (Å²) in [4.78, 5) is 11.6. The topological polar surface area (TPSA) is 62.1 Å². The van der Waals surface area contributed by atoms with Crippen molar-refractivity contribution in [3.8, 4) is 6.07 Å². The molecule has 0 bridgehead atoms. The van der Waals surface area contributed by atoms with Gasteiger partial charge in [0.1, 0.15) is 11.9 Å². The van der Waals surface area contributed by atoms with Crippen LogP contribution in [0.5, 0.6) is 0 Å². The first-order valence-corrected chi connectivity index (χ1v) is 5.99. The molecule has 1 rings (SSSR count). The molecule has 0 spiro atoms. The third-order valence-corrected chi connectivity index (χ3v) is 2.83. The summed E-state index contributed by atoms with van der Waals surface area (Å²) in [5.41, 5.74) is 0.915. The maximum absolute atomic E-state index is 13.0. The van der Waals surface area contributed by atoms with Crippen LogP contribution < -0.4 is 5.32 Å². The average molecular weight is 264 g/mol. The summed E-state index contributed by atoms with van der Waals surface area (Å²) in [7, 11) is 1.33. The molecule has 0 aliphatic rings. The van der Waals surface area contributed by atoms with Crippen LogP contribution in [0.2, 0.25) is 0 Å². The van der Waals surface area contributed by atoms with Gasteiger partial charge in [0.25, 0.3) is 0 Å². The number of rotatable bonds is 5. The van der Waals surface area contributed by atoms with Gasteiger partial charge in [-0.2, -0.15) is 5.26 Å². The van der Waals surface area contributed by atoms with E-state index in [0.717, 1.165) is 0 Å². The van der Waals surface area contributed by atoms with Crippen molar-refractivity contribution in [3.05, 3.63) is 35.1 Å². The molecular formula is C14H17FN2O2. The summed E-state index contributed by atoms with van der Waals surface area (Å²) in [6, 6.07) is 5.49. The Morgan fingerprint density at radius 2 is 2.21 bits per heavy atom. The number of carbonyl (C=O) groups excluding carboxylic acids is 1. The van der Waals surface area contributed by atoms with Crippen molar-refractivity contribution in [2.45, 2.75) is 26.4 Å². The van der Waals surface area contributed by atoms with Gasteiger partial charge in [-0.15, -0.1) is 0 Å². The predicted octanol–water partition coefficient (Wildman–Crippen LogP) is 1.98. The van der Waals surface area contributed by atoms with Crippen molar-refractivity contribution in [3.63, 3.8) is 0 Å². The third kappa shape index (κ3) is 4.04. The minimum absolute atomic E-state index is 0.0541. The second kappa shape index (κ2) is 6.86. The Hall–Kier alpha value is -1.93. The van der Waals surface area contributed by atoms with E-state index >= 15 is 0 Å². The number of nitrogens with one attached hydrogen (secondary N) is 1. The Morgan fingerprint density at radius 3 is 2.74 bits per heavy atom. The van der Waals surface area contributed by atoms with Gasteiger partial charge < -0.3 is 10.1 Å². The quantitative estimate of drug-likeness (QED) is 0.826. The number of halogens is 1. The molecular weight excluding hydrogens is 247 g/mol. The van der Waals surface area contributed by atoms with Gasteiger partial charge in [0.05, 0.1) is 18.7 Å². The molecule has 0 aliphatic heterocycles. The number of carbonyl (C=O) groups is 1. The van der Waals surface area contributed by atoms with Gasteiger partial charge in [0, 0.05) is 6.54 Å². The lowest BCUT2D eigenvalue weighted by Gasteiger charge is -2.20. The number of benzene rings is 1. The zero-order valence-corrected chi connectivity index (χ0v) is 11.2. The Bertz CT molecular complexity index is 495. The fourth-order valence-electron chi connectivity index (χ4n) is 1.74. The number of esters is 1. The van der Waals surface area contributed by atoms with Crippen molar-refractivity contribution in [1.82, 2.24) is 5.32 Å². The first-order chi connectivity index (χ1) is 8.99. The summed E-state index contributed by atoms with van der Waals surface area (Å²) in [5, 5.41) is 12.0. The van der Waals surface area contributed by atoms with Crippen molar-refractivity contribution in [2.24, 2.45) is 5.92 Å². The van der Waals surface area contributed by atoms with Crippen LogP contribution in [0.4, 0.5) is 4.39 Å². The minimum Gasteiger partial charge on any atom is -0.468 e. The Balaban J connectivity index is 2.80. The van der Waals surface area contributed by atoms with Gasteiger partial charge in [-0.25, -0.2) is 4.39 Å². The molecule has 0 aliphatic carbocycles. The molecule has 4 nitrogen and oxygen atoms in total. The van der Waals surface area contributed by atoms with Crippen molar-refractivity contribution < 1.29 is 13.9 Å². The number of nitriles is 1. The molecule has 0 saturated carbocycles. The lowest BCUT2D eigenvalue weighted by molar-refractivity contribution is -0.144. The molecule has 0 saturated heterocycles.